The number of halogens is 3. The van der Waals surface area contributed by atoms with Gasteiger partial charge in [0.15, 0.2) is 6.10 Å². The summed E-state index contributed by atoms with van der Waals surface area (Å²) in [5.41, 5.74) is -1.44. The number of hydrogen-bond donors (Lipinski definition) is 2. The first-order chi connectivity index (χ1) is 7.17. The summed E-state index contributed by atoms with van der Waals surface area (Å²) in [6, 6.07) is 0. The third-order valence-electron chi connectivity index (χ3n) is 2.25. The number of hydrogen-bond acceptors (Lipinski definition) is 3. The Labute approximate surface area is 88.6 Å². The van der Waals surface area contributed by atoms with E-state index in [2.05, 4.69) is 4.74 Å². The highest BCUT2D eigenvalue weighted by Crippen LogP contribution is 2.35. The van der Waals surface area contributed by atoms with Gasteiger partial charge in [-0.05, 0) is 19.8 Å². The maximum Gasteiger partial charge on any atom is 0.425 e. The molecule has 0 radical (unpaired) electrons. The molecule has 1 amide bonds. The van der Waals surface area contributed by atoms with Crippen LogP contribution in [0.5, 0.6) is 0 Å². The number of aliphatic carboxylic acids is 1. The second kappa shape index (κ2) is 3.84. The van der Waals surface area contributed by atoms with E-state index in [9.17, 15) is 22.8 Å². The summed E-state index contributed by atoms with van der Waals surface area (Å²) >= 11 is 0. The molecule has 1 aliphatic carbocycles. The minimum atomic E-state index is -4.66. The van der Waals surface area contributed by atoms with E-state index in [4.69, 9.17) is 5.11 Å². The fourth-order valence-electron chi connectivity index (χ4n) is 0.970. The summed E-state index contributed by atoms with van der Waals surface area (Å²) in [5.74, 6) is -1.27. The zero-order valence-electron chi connectivity index (χ0n) is 8.30. The van der Waals surface area contributed by atoms with Crippen molar-refractivity contribution in [2.45, 2.75) is 37.6 Å². The van der Waals surface area contributed by atoms with Gasteiger partial charge in [0, 0.05) is 0 Å². The number of alkyl halides is 3. The molecular weight excluding hydrogens is 231 g/mol. The predicted octanol–water partition coefficient (Wildman–Crippen LogP) is 1.28. The molecule has 1 rings (SSSR count). The number of carboxylic acid groups (broad SMARTS) is 1. The lowest BCUT2D eigenvalue weighted by molar-refractivity contribution is -0.197. The van der Waals surface area contributed by atoms with Gasteiger partial charge in [0.2, 0.25) is 0 Å². The minimum absolute atomic E-state index is 0.192. The largest absolute Gasteiger partial charge is 0.480 e. The smallest absolute Gasteiger partial charge is 0.425 e. The quantitative estimate of drug-likeness (QED) is 0.780. The Bertz CT molecular complexity index is 311. The molecule has 1 fully saturated rings. The maximum atomic E-state index is 12.0. The summed E-state index contributed by atoms with van der Waals surface area (Å²) in [5, 5.41) is 10.6. The van der Waals surface area contributed by atoms with Crippen LogP contribution in [0, 0.1) is 0 Å². The average molecular weight is 241 g/mol. The van der Waals surface area contributed by atoms with Gasteiger partial charge in [-0.3, -0.25) is 0 Å². The molecule has 16 heavy (non-hydrogen) atoms. The SMILES string of the molecule is C[C@@H](OC(=O)NC1(C(=O)O)CC1)C(F)(F)F. The van der Waals surface area contributed by atoms with Crippen molar-refractivity contribution in [1.82, 2.24) is 5.32 Å². The Morgan fingerprint density at radius 2 is 1.94 bits per heavy atom. The van der Waals surface area contributed by atoms with Crippen LogP contribution in [0.1, 0.15) is 19.8 Å². The Morgan fingerprint density at radius 1 is 1.44 bits per heavy atom. The second-order valence-electron chi connectivity index (χ2n) is 3.60. The standard InChI is InChI=1S/C8H10F3NO4/c1-4(8(9,10)11)16-6(15)12-7(2-3-7)5(13)14/h4H,2-3H2,1H3,(H,12,15)(H,13,14)/t4-/m1/s1. The van der Waals surface area contributed by atoms with Gasteiger partial charge in [-0.15, -0.1) is 0 Å². The van der Waals surface area contributed by atoms with Crippen molar-refractivity contribution >= 4 is 12.1 Å². The molecule has 2 N–H and O–H groups in total. The van der Waals surface area contributed by atoms with Crippen LogP contribution in [0.15, 0.2) is 0 Å². The summed E-state index contributed by atoms with van der Waals surface area (Å²) in [7, 11) is 0. The first-order valence-corrected chi connectivity index (χ1v) is 4.46. The van der Waals surface area contributed by atoms with E-state index in [0.717, 1.165) is 0 Å². The molecule has 0 unspecified atom stereocenters. The topological polar surface area (TPSA) is 75.6 Å². The summed E-state index contributed by atoms with van der Waals surface area (Å²) < 4.78 is 40.0. The van der Waals surface area contributed by atoms with Crippen LogP contribution in [0.2, 0.25) is 0 Å². The van der Waals surface area contributed by atoms with Gasteiger partial charge in [-0.25, -0.2) is 9.59 Å². The molecule has 92 valence electrons. The summed E-state index contributed by atoms with van der Waals surface area (Å²) in [4.78, 5) is 21.6. The number of alkyl carbamates (subject to hydrolysis) is 1. The molecule has 0 aromatic rings. The number of ether oxygens (including phenoxy) is 1. The third kappa shape index (κ3) is 2.77. The van der Waals surface area contributed by atoms with Gasteiger partial charge in [0.1, 0.15) is 5.54 Å². The molecule has 0 aromatic heterocycles. The van der Waals surface area contributed by atoms with E-state index in [1.165, 1.54) is 0 Å². The number of carboxylic acids is 1. The molecule has 5 nitrogen and oxygen atoms in total. The highest BCUT2D eigenvalue weighted by molar-refractivity contribution is 5.87. The lowest BCUT2D eigenvalue weighted by atomic mass is 10.3. The predicted molar refractivity (Wildman–Crippen MR) is 44.7 cm³/mol. The summed E-state index contributed by atoms with van der Waals surface area (Å²) in [6.07, 6.45) is -7.91. The number of rotatable bonds is 3. The molecule has 0 aliphatic heterocycles. The molecule has 0 saturated heterocycles. The molecule has 0 heterocycles. The van der Waals surface area contributed by atoms with Crippen LogP contribution in [0.4, 0.5) is 18.0 Å². The highest BCUT2D eigenvalue weighted by Gasteiger charge is 2.52. The lowest BCUT2D eigenvalue weighted by Crippen LogP contribution is -2.45. The molecule has 0 aromatic carbocycles. The lowest BCUT2D eigenvalue weighted by Gasteiger charge is -2.18. The first-order valence-electron chi connectivity index (χ1n) is 4.46. The Hall–Kier alpha value is -1.47. The second-order valence-corrected chi connectivity index (χ2v) is 3.60. The Balaban J connectivity index is 2.46. The van der Waals surface area contributed by atoms with E-state index in [0.29, 0.717) is 6.92 Å². The van der Waals surface area contributed by atoms with Gasteiger partial charge in [-0.1, -0.05) is 0 Å². The molecule has 1 aliphatic rings. The zero-order valence-corrected chi connectivity index (χ0v) is 8.30. The van der Waals surface area contributed by atoms with Crippen molar-refractivity contribution in [2.24, 2.45) is 0 Å². The highest BCUT2D eigenvalue weighted by atomic mass is 19.4. The minimum Gasteiger partial charge on any atom is -0.480 e. The van der Waals surface area contributed by atoms with E-state index < -0.39 is 29.9 Å². The first kappa shape index (κ1) is 12.6. The van der Waals surface area contributed by atoms with Crippen LogP contribution in [0.3, 0.4) is 0 Å². The molecule has 0 spiro atoms. The number of carbonyl (C=O) groups excluding carboxylic acids is 1. The van der Waals surface area contributed by atoms with Gasteiger partial charge >= 0.3 is 18.2 Å². The Kier molecular flexibility index (Phi) is 3.02. The van der Waals surface area contributed by atoms with Gasteiger partial charge in [0.25, 0.3) is 0 Å². The molecular formula is C8H10F3NO4. The van der Waals surface area contributed by atoms with Crippen molar-refractivity contribution in [1.29, 1.82) is 0 Å². The summed E-state index contributed by atoms with van der Waals surface area (Å²) in [6.45, 7) is 0.667. The van der Waals surface area contributed by atoms with E-state index in [1.807, 2.05) is 5.32 Å². The molecule has 8 heteroatoms. The monoisotopic (exact) mass is 241 g/mol. The van der Waals surface area contributed by atoms with Crippen molar-refractivity contribution in [3.05, 3.63) is 0 Å². The van der Waals surface area contributed by atoms with Crippen molar-refractivity contribution < 1.29 is 32.6 Å². The van der Waals surface area contributed by atoms with Gasteiger partial charge in [-0.2, -0.15) is 13.2 Å². The van der Waals surface area contributed by atoms with Crippen molar-refractivity contribution in [3.63, 3.8) is 0 Å². The number of amides is 1. The fraction of sp³-hybridized carbons (Fsp3) is 0.750. The number of nitrogens with one attached hydrogen (secondary N) is 1. The van der Waals surface area contributed by atoms with E-state index in [-0.39, 0.29) is 12.8 Å². The maximum absolute atomic E-state index is 12.0. The number of carbonyl (C=O) groups is 2. The van der Waals surface area contributed by atoms with E-state index >= 15 is 0 Å². The van der Waals surface area contributed by atoms with Crippen LogP contribution in [0.25, 0.3) is 0 Å². The van der Waals surface area contributed by atoms with E-state index in [1.54, 1.807) is 0 Å². The van der Waals surface area contributed by atoms with Crippen molar-refractivity contribution in [2.75, 3.05) is 0 Å². The normalized spacial score (nSPS) is 19.8. The molecule has 1 saturated carbocycles. The fourth-order valence-corrected chi connectivity index (χ4v) is 0.970. The van der Waals surface area contributed by atoms with Gasteiger partial charge < -0.3 is 15.2 Å². The van der Waals surface area contributed by atoms with Crippen LogP contribution >= 0.6 is 0 Å². The Morgan fingerprint density at radius 3 is 2.25 bits per heavy atom. The average Bonchev–Trinajstić information content (AvgIpc) is 2.83. The van der Waals surface area contributed by atoms with Gasteiger partial charge in [0.05, 0.1) is 0 Å². The molecule has 1 atom stereocenters. The van der Waals surface area contributed by atoms with Crippen LogP contribution in [-0.4, -0.2) is 35.0 Å². The van der Waals surface area contributed by atoms with Crippen molar-refractivity contribution in [3.8, 4) is 0 Å². The van der Waals surface area contributed by atoms with Crippen LogP contribution in [-0.2, 0) is 9.53 Å². The third-order valence-corrected chi connectivity index (χ3v) is 2.25. The zero-order chi connectivity index (χ0) is 12.6. The molecule has 0 bridgehead atoms. The van der Waals surface area contributed by atoms with Crippen LogP contribution < -0.4 is 5.32 Å².